The van der Waals surface area contributed by atoms with Crippen LogP contribution in [0.2, 0.25) is 0 Å². The minimum atomic E-state index is -1.14. The summed E-state index contributed by atoms with van der Waals surface area (Å²) in [5.41, 5.74) is -0.170. The van der Waals surface area contributed by atoms with Gasteiger partial charge in [0, 0.05) is 30.8 Å². The Balaban J connectivity index is 2.83. The van der Waals surface area contributed by atoms with Crippen LogP contribution in [0.1, 0.15) is 44.5 Å². The fourth-order valence-electron chi connectivity index (χ4n) is 2.11. The standard InChI is InChI=1S/C17H24N2O4/c1-5-19(6-2)15(21)12-8-7-9-13(10-12)18-14(20)11-17(3,4)16(22)23/h7-10H,5-6,11H2,1-4H3,(H,18,20)(H,22,23). The van der Waals surface area contributed by atoms with Crippen LogP contribution in [0.15, 0.2) is 24.3 Å². The van der Waals surface area contributed by atoms with Gasteiger partial charge in [0.05, 0.1) is 5.41 Å². The van der Waals surface area contributed by atoms with E-state index in [9.17, 15) is 14.4 Å². The molecular formula is C17H24N2O4. The van der Waals surface area contributed by atoms with Crippen LogP contribution in [0.3, 0.4) is 0 Å². The van der Waals surface area contributed by atoms with Crippen molar-refractivity contribution >= 4 is 23.5 Å². The Morgan fingerprint density at radius 1 is 1.17 bits per heavy atom. The van der Waals surface area contributed by atoms with Crippen LogP contribution in [0, 0.1) is 5.41 Å². The molecule has 0 unspecified atom stereocenters. The molecule has 2 N–H and O–H groups in total. The Morgan fingerprint density at radius 2 is 1.78 bits per heavy atom. The predicted octanol–water partition coefficient (Wildman–Crippen LogP) is 2.61. The Morgan fingerprint density at radius 3 is 2.30 bits per heavy atom. The normalized spacial score (nSPS) is 11.0. The zero-order valence-corrected chi connectivity index (χ0v) is 14.0. The van der Waals surface area contributed by atoms with E-state index < -0.39 is 17.3 Å². The average molecular weight is 320 g/mol. The minimum Gasteiger partial charge on any atom is -0.481 e. The van der Waals surface area contributed by atoms with Gasteiger partial charge in [-0.05, 0) is 45.9 Å². The second-order valence-corrected chi connectivity index (χ2v) is 5.97. The van der Waals surface area contributed by atoms with Crippen molar-refractivity contribution in [2.75, 3.05) is 18.4 Å². The van der Waals surface area contributed by atoms with Crippen molar-refractivity contribution in [3.8, 4) is 0 Å². The second-order valence-electron chi connectivity index (χ2n) is 5.97. The highest BCUT2D eigenvalue weighted by Gasteiger charge is 2.30. The summed E-state index contributed by atoms with van der Waals surface area (Å²) in [6.07, 6.45) is -0.142. The highest BCUT2D eigenvalue weighted by Crippen LogP contribution is 2.22. The smallest absolute Gasteiger partial charge is 0.309 e. The van der Waals surface area contributed by atoms with E-state index in [2.05, 4.69) is 5.32 Å². The maximum atomic E-state index is 12.3. The van der Waals surface area contributed by atoms with Crippen molar-refractivity contribution in [2.45, 2.75) is 34.1 Å². The van der Waals surface area contributed by atoms with Crippen LogP contribution < -0.4 is 5.32 Å². The first-order valence-corrected chi connectivity index (χ1v) is 7.63. The topological polar surface area (TPSA) is 86.7 Å². The molecule has 1 rings (SSSR count). The number of amides is 2. The molecule has 0 bridgehead atoms. The number of carbonyl (C=O) groups is 3. The largest absolute Gasteiger partial charge is 0.481 e. The number of nitrogens with one attached hydrogen (secondary N) is 1. The van der Waals surface area contributed by atoms with Crippen LogP contribution in [0.25, 0.3) is 0 Å². The van der Waals surface area contributed by atoms with Crippen molar-refractivity contribution in [3.05, 3.63) is 29.8 Å². The molecule has 0 aliphatic heterocycles. The number of carboxylic acid groups (broad SMARTS) is 1. The SMILES string of the molecule is CCN(CC)C(=O)c1cccc(NC(=O)CC(C)(C)C(=O)O)c1. The van der Waals surface area contributed by atoms with Crippen LogP contribution >= 0.6 is 0 Å². The summed E-state index contributed by atoms with van der Waals surface area (Å²) in [5, 5.41) is 11.7. The lowest BCUT2D eigenvalue weighted by atomic mass is 9.89. The van der Waals surface area contributed by atoms with Crippen molar-refractivity contribution in [2.24, 2.45) is 5.41 Å². The maximum absolute atomic E-state index is 12.3. The van der Waals surface area contributed by atoms with Gasteiger partial charge in [-0.2, -0.15) is 0 Å². The lowest BCUT2D eigenvalue weighted by Crippen LogP contribution is -2.31. The third kappa shape index (κ3) is 5.09. The van der Waals surface area contributed by atoms with Gasteiger partial charge in [-0.15, -0.1) is 0 Å². The quantitative estimate of drug-likeness (QED) is 0.808. The Bertz CT molecular complexity index is 592. The highest BCUT2D eigenvalue weighted by molar-refractivity contribution is 5.98. The summed E-state index contributed by atoms with van der Waals surface area (Å²) in [6, 6.07) is 6.66. The maximum Gasteiger partial charge on any atom is 0.309 e. The molecule has 0 radical (unpaired) electrons. The molecule has 0 fully saturated rings. The van der Waals surface area contributed by atoms with E-state index >= 15 is 0 Å². The second kappa shape index (κ2) is 7.76. The van der Waals surface area contributed by atoms with Crippen molar-refractivity contribution < 1.29 is 19.5 Å². The number of carbonyl (C=O) groups excluding carboxylic acids is 2. The molecule has 2 amide bonds. The number of carboxylic acids is 1. The van der Waals surface area contributed by atoms with E-state index in [1.54, 1.807) is 29.2 Å². The molecule has 0 aliphatic carbocycles. The van der Waals surface area contributed by atoms with Crippen LogP contribution in [0.5, 0.6) is 0 Å². The third-order valence-electron chi connectivity index (χ3n) is 3.63. The van der Waals surface area contributed by atoms with E-state index in [-0.39, 0.29) is 12.3 Å². The van der Waals surface area contributed by atoms with Gasteiger partial charge in [0.25, 0.3) is 5.91 Å². The first-order chi connectivity index (χ1) is 10.7. The third-order valence-corrected chi connectivity index (χ3v) is 3.63. The lowest BCUT2D eigenvalue weighted by Gasteiger charge is -2.20. The average Bonchev–Trinajstić information content (AvgIpc) is 2.47. The first kappa shape index (κ1) is 18.7. The highest BCUT2D eigenvalue weighted by atomic mass is 16.4. The van der Waals surface area contributed by atoms with Gasteiger partial charge in [-0.3, -0.25) is 14.4 Å². The molecule has 0 atom stereocenters. The van der Waals surface area contributed by atoms with Crippen LogP contribution in [0.4, 0.5) is 5.69 Å². The fraction of sp³-hybridized carbons (Fsp3) is 0.471. The number of hydrogen-bond donors (Lipinski definition) is 2. The summed E-state index contributed by atoms with van der Waals surface area (Å²) >= 11 is 0. The molecule has 0 spiro atoms. The molecule has 6 nitrogen and oxygen atoms in total. The number of aliphatic carboxylic acids is 1. The Hall–Kier alpha value is -2.37. The van der Waals surface area contributed by atoms with E-state index in [1.807, 2.05) is 13.8 Å². The van der Waals surface area contributed by atoms with Crippen molar-refractivity contribution in [3.63, 3.8) is 0 Å². The van der Waals surface area contributed by atoms with E-state index in [0.29, 0.717) is 24.3 Å². The van der Waals surface area contributed by atoms with Crippen LogP contribution in [-0.2, 0) is 9.59 Å². The van der Waals surface area contributed by atoms with E-state index in [1.165, 1.54) is 13.8 Å². The number of anilines is 1. The number of benzene rings is 1. The molecule has 1 aromatic rings. The van der Waals surface area contributed by atoms with Gasteiger partial charge in [0.2, 0.25) is 5.91 Å². The number of hydrogen-bond acceptors (Lipinski definition) is 3. The Labute approximate surface area is 136 Å². The van der Waals surface area contributed by atoms with Gasteiger partial charge in [0.1, 0.15) is 0 Å². The fourth-order valence-corrected chi connectivity index (χ4v) is 2.11. The summed E-state index contributed by atoms with van der Waals surface area (Å²) in [5.74, 6) is -1.53. The summed E-state index contributed by atoms with van der Waals surface area (Å²) < 4.78 is 0. The van der Waals surface area contributed by atoms with Gasteiger partial charge in [-0.25, -0.2) is 0 Å². The molecule has 0 aliphatic rings. The lowest BCUT2D eigenvalue weighted by molar-refractivity contribution is -0.148. The number of rotatable bonds is 7. The minimum absolute atomic E-state index is 0.100. The predicted molar refractivity (Wildman–Crippen MR) is 88.4 cm³/mol. The zero-order valence-electron chi connectivity index (χ0n) is 14.0. The van der Waals surface area contributed by atoms with E-state index in [4.69, 9.17) is 5.11 Å². The molecule has 6 heteroatoms. The molecule has 0 heterocycles. The van der Waals surface area contributed by atoms with Gasteiger partial charge in [0.15, 0.2) is 0 Å². The molecular weight excluding hydrogens is 296 g/mol. The van der Waals surface area contributed by atoms with Gasteiger partial charge in [-0.1, -0.05) is 6.07 Å². The molecule has 0 aromatic heterocycles. The summed E-state index contributed by atoms with van der Waals surface area (Å²) in [4.78, 5) is 37.0. The molecule has 23 heavy (non-hydrogen) atoms. The first-order valence-electron chi connectivity index (χ1n) is 7.63. The molecule has 0 saturated heterocycles. The van der Waals surface area contributed by atoms with Crippen molar-refractivity contribution in [1.29, 1.82) is 0 Å². The zero-order chi connectivity index (χ0) is 17.6. The van der Waals surface area contributed by atoms with Gasteiger partial charge >= 0.3 is 5.97 Å². The summed E-state index contributed by atoms with van der Waals surface area (Å²) in [6.45, 7) is 8.02. The number of nitrogens with zero attached hydrogens (tertiary/aromatic N) is 1. The molecule has 0 saturated carbocycles. The van der Waals surface area contributed by atoms with E-state index in [0.717, 1.165) is 0 Å². The molecule has 126 valence electrons. The Kier molecular flexibility index (Phi) is 6.30. The summed E-state index contributed by atoms with van der Waals surface area (Å²) in [7, 11) is 0. The van der Waals surface area contributed by atoms with Gasteiger partial charge < -0.3 is 15.3 Å². The van der Waals surface area contributed by atoms with Crippen molar-refractivity contribution in [1.82, 2.24) is 4.90 Å². The van der Waals surface area contributed by atoms with Crippen LogP contribution in [-0.4, -0.2) is 40.9 Å². The monoisotopic (exact) mass is 320 g/mol. The molecule has 1 aromatic carbocycles.